The molecule has 5 rings (SSSR count). The van der Waals surface area contributed by atoms with Crippen LogP contribution in [0.3, 0.4) is 0 Å². The first-order chi connectivity index (χ1) is 18.7. The summed E-state index contributed by atoms with van der Waals surface area (Å²) in [5.41, 5.74) is 4.30. The van der Waals surface area contributed by atoms with Crippen molar-refractivity contribution in [2.45, 2.75) is 45.8 Å². The number of unbranched alkanes of at least 4 members (excludes halogenated alkanes) is 2. The molecule has 1 fully saturated rings. The second-order valence-electron chi connectivity index (χ2n) is 9.78. The minimum Gasteiger partial charge on any atom is -0.468 e. The summed E-state index contributed by atoms with van der Waals surface area (Å²) in [6.07, 6.45) is 8.07. The zero-order valence-corrected chi connectivity index (χ0v) is 22.1. The number of nitrogens with one attached hydrogen (secondary N) is 2. The lowest BCUT2D eigenvalue weighted by atomic mass is 10.2. The summed E-state index contributed by atoms with van der Waals surface area (Å²) in [6, 6.07) is 14.5. The van der Waals surface area contributed by atoms with Gasteiger partial charge in [-0.2, -0.15) is 4.98 Å². The van der Waals surface area contributed by atoms with E-state index in [0.29, 0.717) is 19.0 Å². The van der Waals surface area contributed by atoms with Crippen LogP contribution in [0.2, 0.25) is 0 Å². The van der Waals surface area contributed by atoms with Crippen LogP contribution >= 0.6 is 0 Å². The van der Waals surface area contributed by atoms with Crippen LogP contribution in [0.4, 0.5) is 17.3 Å². The number of benzene rings is 1. The Balaban J connectivity index is 1.27. The number of piperazine rings is 1. The largest absolute Gasteiger partial charge is 0.468 e. The smallest absolute Gasteiger partial charge is 0.229 e. The molecular formula is C29H37N7O2. The summed E-state index contributed by atoms with van der Waals surface area (Å²) in [4.78, 5) is 24.8. The molecule has 2 N–H and O–H groups in total. The van der Waals surface area contributed by atoms with Gasteiger partial charge in [0.15, 0.2) is 0 Å². The van der Waals surface area contributed by atoms with Gasteiger partial charge in [0.05, 0.1) is 19.4 Å². The van der Waals surface area contributed by atoms with Gasteiger partial charge in [0.1, 0.15) is 17.7 Å². The van der Waals surface area contributed by atoms with E-state index in [1.807, 2.05) is 18.3 Å². The van der Waals surface area contributed by atoms with E-state index in [1.165, 1.54) is 24.2 Å². The van der Waals surface area contributed by atoms with Crippen molar-refractivity contribution in [3.05, 3.63) is 66.4 Å². The molecule has 38 heavy (non-hydrogen) atoms. The molecular weight excluding hydrogens is 478 g/mol. The van der Waals surface area contributed by atoms with E-state index in [1.54, 1.807) is 6.26 Å². The summed E-state index contributed by atoms with van der Waals surface area (Å²) in [7, 11) is 0. The van der Waals surface area contributed by atoms with Crippen molar-refractivity contribution >= 4 is 34.6 Å². The van der Waals surface area contributed by atoms with Gasteiger partial charge in [-0.25, -0.2) is 4.98 Å². The number of anilines is 3. The molecule has 4 aromatic rings. The second-order valence-corrected chi connectivity index (χ2v) is 9.78. The molecule has 0 spiro atoms. The Hall–Kier alpha value is -3.69. The highest BCUT2D eigenvalue weighted by Gasteiger charge is 2.17. The van der Waals surface area contributed by atoms with E-state index in [9.17, 15) is 4.79 Å². The van der Waals surface area contributed by atoms with Crippen LogP contribution in [-0.2, 0) is 24.4 Å². The molecule has 4 heterocycles. The van der Waals surface area contributed by atoms with Crippen molar-refractivity contribution in [1.29, 1.82) is 0 Å². The van der Waals surface area contributed by atoms with Crippen molar-refractivity contribution in [3.63, 3.8) is 0 Å². The third-order valence-corrected chi connectivity index (χ3v) is 7.08. The van der Waals surface area contributed by atoms with Crippen molar-refractivity contribution in [2.24, 2.45) is 0 Å². The van der Waals surface area contributed by atoms with Crippen molar-refractivity contribution < 1.29 is 9.21 Å². The third-order valence-electron chi connectivity index (χ3n) is 7.08. The highest BCUT2D eigenvalue weighted by molar-refractivity contribution is 5.78. The molecule has 3 aromatic heterocycles. The molecule has 9 heteroatoms. The van der Waals surface area contributed by atoms with Crippen LogP contribution in [0.1, 0.15) is 37.6 Å². The van der Waals surface area contributed by atoms with Gasteiger partial charge in [-0.3, -0.25) is 4.90 Å². The van der Waals surface area contributed by atoms with Gasteiger partial charge in [0.25, 0.3) is 0 Å². The van der Waals surface area contributed by atoms with E-state index < -0.39 is 0 Å². The number of carbonyl (C=O) groups is 1. The number of aryl methyl sites for hydroxylation is 1. The van der Waals surface area contributed by atoms with Crippen LogP contribution < -0.4 is 15.5 Å². The minimum atomic E-state index is 0.520. The number of hydrogen-bond acceptors (Lipinski definition) is 8. The van der Waals surface area contributed by atoms with Crippen LogP contribution in [0.15, 0.2) is 59.3 Å². The molecule has 1 aliphatic rings. The molecule has 0 radical (unpaired) electrons. The average molecular weight is 516 g/mol. The Kier molecular flexibility index (Phi) is 8.67. The molecule has 1 aromatic carbocycles. The van der Waals surface area contributed by atoms with Crippen molar-refractivity contribution in [2.75, 3.05) is 42.9 Å². The van der Waals surface area contributed by atoms with Crippen molar-refractivity contribution in [1.82, 2.24) is 24.8 Å². The van der Waals surface area contributed by atoms with E-state index in [0.717, 1.165) is 74.5 Å². The zero-order chi connectivity index (χ0) is 26.2. The van der Waals surface area contributed by atoms with Crippen LogP contribution in [0, 0.1) is 0 Å². The van der Waals surface area contributed by atoms with Crippen LogP contribution in [0.25, 0.3) is 11.0 Å². The first-order valence-corrected chi connectivity index (χ1v) is 13.6. The standard InChI is InChI=1S/C29H37N7O2/c1-2-3-4-11-36-26(21-30-22-27-6-5-18-38-27)19-23-20-31-29(33-28(23)36)32-24-7-9-25(10-8-24)35-14-12-34(13-15-35)16-17-37/h5-10,17-20,30H,2-4,11-16,21-22H2,1H3,(H,31,32,33). The number of furan rings is 1. The van der Waals surface area contributed by atoms with Gasteiger partial charge >= 0.3 is 0 Å². The predicted molar refractivity (Wildman–Crippen MR) is 151 cm³/mol. The maximum absolute atomic E-state index is 10.8. The first-order valence-electron chi connectivity index (χ1n) is 13.6. The number of rotatable bonds is 13. The summed E-state index contributed by atoms with van der Waals surface area (Å²) >= 11 is 0. The molecule has 9 nitrogen and oxygen atoms in total. The van der Waals surface area contributed by atoms with Gasteiger partial charge < -0.3 is 29.3 Å². The van der Waals surface area contributed by atoms with Gasteiger partial charge in [0, 0.05) is 67.9 Å². The fourth-order valence-electron chi connectivity index (χ4n) is 4.98. The lowest BCUT2D eigenvalue weighted by Gasteiger charge is -2.35. The van der Waals surface area contributed by atoms with E-state index in [-0.39, 0.29) is 0 Å². The zero-order valence-electron chi connectivity index (χ0n) is 22.1. The summed E-state index contributed by atoms with van der Waals surface area (Å²) in [5, 5.41) is 7.92. The summed E-state index contributed by atoms with van der Waals surface area (Å²) in [6.45, 7) is 8.76. The fourth-order valence-corrected chi connectivity index (χ4v) is 4.98. The number of carbonyl (C=O) groups excluding carboxylic acids is 1. The molecule has 1 saturated heterocycles. The lowest BCUT2D eigenvalue weighted by Crippen LogP contribution is -2.46. The average Bonchev–Trinajstić information content (AvgIpc) is 3.58. The SMILES string of the molecule is CCCCCn1c(CNCc2ccco2)cc2cnc(Nc3ccc(N4CCN(CC=O)CC4)cc3)nc21. The highest BCUT2D eigenvalue weighted by Crippen LogP contribution is 2.24. The van der Waals surface area contributed by atoms with Crippen molar-refractivity contribution in [3.8, 4) is 0 Å². The highest BCUT2D eigenvalue weighted by atomic mass is 16.3. The number of hydrogen-bond donors (Lipinski definition) is 2. The number of aldehydes is 1. The summed E-state index contributed by atoms with van der Waals surface area (Å²) in [5.74, 6) is 1.52. The van der Waals surface area contributed by atoms with Gasteiger partial charge in [-0.15, -0.1) is 0 Å². The Labute approximate surface area is 223 Å². The molecule has 0 aliphatic carbocycles. The predicted octanol–water partition coefficient (Wildman–Crippen LogP) is 4.57. The maximum atomic E-state index is 10.8. The second kappa shape index (κ2) is 12.7. The van der Waals surface area contributed by atoms with Crippen LogP contribution in [-0.4, -0.2) is 58.4 Å². The Morgan fingerprint density at radius 3 is 2.63 bits per heavy atom. The van der Waals surface area contributed by atoms with E-state index >= 15 is 0 Å². The molecule has 0 atom stereocenters. The fraction of sp³-hybridized carbons (Fsp3) is 0.414. The monoisotopic (exact) mass is 515 g/mol. The topological polar surface area (TPSA) is 91.5 Å². The Morgan fingerprint density at radius 1 is 1.05 bits per heavy atom. The minimum absolute atomic E-state index is 0.520. The quantitative estimate of drug-likeness (QED) is 0.198. The lowest BCUT2D eigenvalue weighted by molar-refractivity contribution is -0.108. The normalized spacial score (nSPS) is 14.3. The maximum Gasteiger partial charge on any atom is 0.229 e. The number of nitrogens with zero attached hydrogens (tertiary/aromatic N) is 5. The number of fused-ring (bicyclic) bond motifs is 1. The van der Waals surface area contributed by atoms with Gasteiger partial charge in [-0.1, -0.05) is 19.8 Å². The summed E-state index contributed by atoms with van der Waals surface area (Å²) < 4.78 is 7.77. The van der Waals surface area contributed by atoms with Gasteiger partial charge in [-0.05, 0) is 48.9 Å². The van der Waals surface area contributed by atoms with Crippen LogP contribution in [0.5, 0.6) is 0 Å². The molecule has 0 amide bonds. The molecule has 0 unspecified atom stereocenters. The molecule has 0 bridgehead atoms. The Bertz CT molecular complexity index is 1290. The van der Waals surface area contributed by atoms with E-state index in [4.69, 9.17) is 9.40 Å². The number of aromatic nitrogens is 3. The molecule has 1 aliphatic heterocycles. The van der Waals surface area contributed by atoms with Gasteiger partial charge in [0.2, 0.25) is 5.95 Å². The third kappa shape index (κ3) is 6.41. The van der Waals surface area contributed by atoms with E-state index in [2.05, 4.69) is 67.2 Å². The molecule has 200 valence electrons. The molecule has 0 saturated carbocycles. The first kappa shape index (κ1) is 25.9. The Morgan fingerprint density at radius 2 is 1.89 bits per heavy atom.